The average Bonchev–Trinajstić information content (AvgIpc) is 3.29. The van der Waals surface area contributed by atoms with Crippen LogP contribution in [0, 0.1) is 12.8 Å². The van der Waals surface area contributed by atoms with Gasteiger partial charge in [0.25, 0.3) is 0 Å². The van der Waals surface area contributed by atoms with E-state index < -0.39 is 5.92 Å². The lowest BCUT2D eigenvalue weighted by molar-refractivity contribution is -0.149. The molecule has 8 nitrogen and oxygen atoms in total. The summed E-state index contributed by atoms with van der Waals surface area (Å²) in [7, 11) is 6.23. The van der Waals surface area contributed by atoms with Gasteiger partial charge in [-0.15, -0.1) is 0 Å². The van der Waals surface area contributed by atoms with Crippen molar-refractivity contribution in [2.45, 2.75) is 46.2 Å². The number of fused-ring (bicyclic) bond motifs is 2. The molecule has 3 heterocycles. The van der Waals surface area contributed by atoms with Crippen LogP contribution in [0.4, 0.5) is 0 Å². The largest absolute Gasteiger partial charge is 0.465 e. The summed E-state index contributed by atoms with van der Waals surface area (Å²) >= 11 is 0. The number of hydrogen-bond donors (Lipinski definition) is 1. The van der Waals surface area contributed by atoms with Crippen molar-refractivity contribution in [1.82, 2.24) is 24.0 Å². The van der Waals surface area contributed by atoms with Gasteiger partial charge in [0.15, 0.2) is 5.65 Å². The third-order valence-electron chi connectivity index (χ3n) is 6.45. The summed E-state index contributed by atoms with van der Waals surface area (Å²) < 4.78 is 9.41. The molecule has 35 heavy (non-hydrogen) atoms. The molecule has 0 bridgehead atoms. The van der Waals surface area contributed by atoms with Crippen LogP contribution in [0.5, 0.6) is 0 Å². The molecular formula is C27H35N5O3. The number of aromatic amines is 1. The maximum Gasteiger partial charge on any atom is 0.327 e. The van der Waals surface area contributed by atoms with Crippen molar-refractivity contribution < 1.29 is 9.53 Å². The van der Waals surface area contributed by atoms with Crippen molar-refractivity contribution in [3.8, 4) is 0 Å². The summed E-state index contributed by atoms with van der Waals surface area (Å²) in [4.78, 5) is 34.7. The first-order chi connectivity index (χ1) is 16.8. The number of aromatic nitrogens is 4. The summed E-state index contributed by atoms with van der Waals surface area (Å²) in [5, 5.41) is 1.29. The third kappa shape index (κ3) is 5.32. The lowest BCUT2D eigenvalue weighted by Gasteiger charge is -2.16. The van der Waals surface area contributed by atoms with E-state index in [1.807, 2.05) is 13.0 Å². The summed E-state index contributed by atoms with van der Waals surface area (Å²) in [6, 6.07) is 7.96. The number of imidazole rings is 1. The van der Waals surface area contributed by atoms with Crippen LogP contribution in [0.1, 0.15) is 36.5 Å². The monoisotopic (exact) mass is 477 g/mol. The standard InChI is InChI=1S/C27H35N5O3/c1-6-8-20(17-32-25-22(29-27(32)34)9-7-11-28-25)26(33)35-12-10-19-13-18(2)24-21(15-30(3)4)16-31(5)23(24)14-19/h7,9,11,13-14,16,20H,6,8,10,12,15,17H2,1-5H3,(H,29,34). The van der Waals surface area contributed by atoms with Gasteiger partial charge >= 0.3 is 11.7 Å². The molecule has 186 valence electrons. The highest BCUT2D eigenvalue weighted by Gasteiger charge is 2.22. The SMILES string of the molecule is CCCC(Cn1c(=O)[nH]c2cccnc21)C(=O)OCCc1cc(C)c2c(CN(C)C)cn(C)c2c1. The van der Waals surface area contributed by atoms with Gasteiger partial charge in [-0.2, -0.15) is 0 Å². The molecule has 3 aromatic heterocycles. The molecule has 0 saturated heterocycles. The van der Waals surface area contributed by atoms with Crippen LogP contribution in [0.15, 0.2) is 41.5 Å². The van der Waals surface area contributed by atoms with E-state index in [0.29, 0.717) is 30.6 Å². The number of carbonyl (C=O) groups is 1. The van der Waals surface area contributed by atoms with Crippen LogP contribution in [0.2, 0.25) is 0 Å². The topological polar surface area (TPSA) is 85.2 Å². The van der Waals surface area contributed by atoms with Crippen molar-refractivity contribution in [2.24, 2.45) is 13.0 Å². The molecule has 1 N–H and O–H groups in total. The fourth-order valence-corrected chi connectivity index (χ4v) is 4.91. The number of aryl methyl sites for hydroxylation is 2. The lowest BCUT2D eigenvalue weighted by Crippen LogP contribution is -2.28. The summed E-state index contributed by atoms with van der Waals surface area (Å²) in [5.74, 6) is -0.668. The van der Waals surface area contributed by atoms with E-state index in [9.17, 15) is 9.59 Å². The number of esters is 1. The minimum absolute atomic E-state index is 0.256. The van der Waals surface area contributed by atoms with Gasteiger partial charge < -0.3 is 19.2 Å². The second kappa shape index (κ2) is 10.5. The van der Waals surface area contributed by atoms with Gasteiger partial charge in [-0.05, 0) is 62.3 Å². The number of H-pyrrole nitrogens is 1. The van der Waals surface area contributed by atoms with Gasteiger partial charge in [-0.1, -0.05) is 19.4 Å². The van der Waals surface area contributed by atoms with Gasteiger partial charge in [0, 0.05) is 49.9 Å². The molecule has 1 unspecified atom stereocenters. The van der Waals surface area contributed by atoms with Gasteiger partial charge in [0.05, 0.1) is 18.0 Å². The molecule has 0 aliphatic carbocycles. The molecule has 0 radical (unpaired) electrons. The molecule has 0 aliphatic rings. The molecular weight excluding hydrogens is 442 g/mol. The Labute approximate surface area is 205 Å². The molecule has 0 aliphatic heterocycles. The van der Waals surface area contributed by atoms with Gasteiger partial charge in [-0.25, -0.2) is 9.78 Å². The van der Waals surface area contributed by atoms with E-state index in [1.165, 1.54) is 26.6 Å². The summed E-state index contributed by atoms with van der Waals surface area (Å²) in [6.07, 6.45) is 5.95. The second-order valence-corrected chi connectivity index (χ2v) is 9.63. The highest BCUT2D eigenvalue weighted by molar-refractivity contribution is 5.88. The fraction of sp³-hybridized carbons (Fsp3) is 0.444. The third-order valence-corrected chi connectivity index (χ3v) is 6.45. The first-order valence-electron chi connectivity index (χ1n) is 12.2. The van der Waals surface area contributed by atoms with Gasteiger partial charge in [0.1, 0.15) is 0 Å². The number of benzene rings is 1. The van der Waals surface area contributed by atoms with Crippen LogP contribution in [0.3, 0.4) is 0 Å². The highest BCUT2D eigenvalue weighted by Crippen LogP contribution is 2.27. The molecule has 0 amide bonds. The fourth-order valence-electron chi connectivity index (χ4n) is 4.91. The Morgan fingerprint density at radius 1 is 1.29 bits per heavy atom. The molecule has 8 heteroatoms. The Hall–Kier alpha value is -3.39. The number of ether oxygens (including phenoxy) is 1. The van der Waals surface area contributed by atoms with Crippen LogP contribution in [-0.2, 0) is 36.1 Å². The lowest BCUT2D eigenvalue weighted by atomic mass is 10.0. The smallest absolute Gasteiger partial charge is 0.327 e. The van der Waals surface area contributed by atoms with Crippen molar-refractivity contribution in [2.75, 3.05) is 20.7 Å². The Bertz CT molecular complexity index is 1400. The molecule has 0 fully saturated rings. The van der Waals surface area contributed by atoms with E-state index in [4.69, 9.17) is 4.74 Å². The van der Waals surface area contributed by atoms with Crippen LogP contribution in [0.25, 0.3) is 22.1 Å². The second-order valence-electron chi connectivity index (χ2n) is 9.63. The minimum atomic E-state index is -0.399. The van der Waals surface area contributed by atoms with Crippen LogP contribution < -0.4 is 5.69 Å². The van der Waals surface area contributed by atoms with E-state index in [1.54, 1.807) is 12.3 Å². The van der Waals surface area contributed by atoms with Gasteiger partial charge in [-0.3, -0.25) is 9.36 Å². The number of hydrogen-bond acceptors (Lipinski definition) is 5. The Morgan fingerprint density at radius 3 is 2.83 bits per heavy atom. The Balaban J connectivity index is 1.44. The van der Waals surface area contributed by atoms with Crippen molar-refractivity contribution in [1.29, 1.82) is 0 Å². The minimum Gasteiger partial charge on any atom is -0.465 e. The molecule has 1 atom stereocenters. The van der Waals surface area contributed by atoms with Crippen LogP contribution >= 0.6 is 0 Å². The molecule has 0 saturated carbocycles. The molecule has 4 rings (SSSR count). The van der Waals surface area contributed by atoms with Gasteiger partial charge in [0.2, 0.25) is 0 Å². The predicted molar refractivity (Wildman–Crippen MR) is 138 cm³/mol. The van der Waals surface area contributed by atoms with E-state index in [-0.39, 0.29) is 18.2 Å². The molecule has 0 spiro atoms. The molecule has 1 aromatic carbocycles. The van der Waals surface area contributed by atoms with Crippen molar-refractivity contribution >= 4 is 28.0 Å². The predicted octanol–water partition coefficient (Wildman–Crippen LogP) is 3.79. The van der Waals surface area contributed by atoms with E-state index in [0.717, 1.165) is 18.5 Å². The number of nitrogens with zero attached hydrogens (tertiary/aromatic N) is 4. The number of rotatable bonds is 10. The van der Waals surface area contributed by atoms with Crippen molar-refractivity contribution in [3.05, 3.63) is 63.8 Å². The van der Waals surface area contributed by atoms with E-state index >= 15 is 0 Å². The number of nitrogens with one attached hydrogen (secondary N) is 1. The summed E-state index contributed by atoms with van der Waals surface area (Å²) in [6.45, 7) is 5.62. The highest BCUT2D eigenvalue weighted by atomic mass is 16.5. The molecule has 4 aromatic rings. The first kappa shape index (κ1) is 24.7. The maximum atomic E-state index is 13.0. The zero-order chi connectivity index (χ0) is 25.1. The number of carbonyl (C=O) groups excluding carboxylic acids is 1. The Morgan fingerprint density at radius 2 is 2.09 bits per heavy atom. The quantitative estimate of drug-likeness (QED) is 0.351. The zero-order valence-corrected chi connectivity index (χ0v) is 21.3. The zero-order valence-electron chi connectivity index (χ0n) is 21.3. The first-order valence-corrected chi connectivity index (χ1v) is 12.2. The maximum absolute atomic E-state index is 13.0. The Kier molecular flexibility index (Phi) is 7.40. The summed E-state index contributed by atoms with van der Waals surface area (Å²) in [5.41, 5.74) is 5.85. The number of pyridine rings is 1. The van der Waals surface area contributed by atoms with Crippen molar-refractivity contribution in [3.63, 3.8) is 0 Å². The average molecular weight is 478 g/mol. The van der Waals surface area contributed by atoms with E-state index in [2.05, 4.69) is 65.8 Å². The normalized spacial score (nSPS) is 12.6. The van der Waals surface area contributed by atoms with Crippen LogP contribution in [-0.4, -0.2) is 50.7 Å².